The summed E-state index contributed by atoms with van der Waals surface area (Å²) in [6.07, 6.45) is -0.560. The molecule has 0 saturated heterocycles. The predicted octanol–water partition coefficient (Wildman–Crippen LogP) is 2.87. The summed E-state index contributed by atoms with van der Waals surface area (Å²) in [6, 6.07) is 10.8. The van der Waals surface area contributed by atoms with Crippen LogP contribution in [0.1, 0.15) is 6.92 Å². The summed E-state index contributed by atoms with van der Waals surface area (Å²) >= 11 is 0. The van der Waals surface area contributed by atoms with Gasteiger partial charge in [-0.25, -0.2) is 0 Å². The Morgan fingerprint density at radius 2 is 1.08 bits per heavy atom. The second-order valence-electron chi connectivity index (χ2n) is 5.12. The van der Waals surface area contributed by atoms with E-state index in [4.69, 9.17) is 33.9 Å². The molecule has 0 aliphatic rings. The van der Waals surface area contributed by atoms with E-state index in [0.717, 1.165) is 0 Å². The van der Waals surface area contributed by atoms with E-state index in [2.05, 4.69) is 0 Å². The largest absolute Gasteiger partial charge is 0.493 e. The highest BCUT2D eigenvalue weighted by Crippen LogP contribution is 2.44. The molecule has 0 aromatic heterocycles. The highest BCUT2D eigenvalue weighted by molar-refractivity contribution is 5.56. The predicted molar refractivity (Wildman–Crippen MR) is 97.9 cm³/mol. The van der Waals surface area contributed by atoms with Gasteiger partial charge in [-0.3, -0.25) is 0 Å². The minimum atomic E-state index is -0.560. The molecule has 0 fully saturated rings. The number of benzene rings is 2. The fourth-order valence-electron chi connectivity index (χ4n) is 1.99. The maximum absolute atomic E-state index is 8.11. The lowest BCUT2D eigenvalue weighted by Gasteiger charge is -2.16. The first-order valence-electron chi connectivity index (χ1n) is 7.91. The van der Waals surface area contributed by atoms with Crippen molar-refractivity contribution in [1.82, 2.24) is 0 Å². The van der Waals surface area contributed by atoms with E-state index in [-0.39, 0.29) is 6.61 Å². The van der Waals surface area contributed by atoms with Crippen molar-refractivity contribution in [2.75, 3.05) is 35.0 Å². The number of rotatable bonds is 7. The molecule has 26 heavy (non-hydrogen) atoms. The Labute approximate surface area is 153 Å². The minimum Gasteiger partial charge on any atom is -0.493 e. The van der Waals surface area contributed by atoms with Gasteiger partial charge >= 0.3 is 0 Å². The number of aliphatic hydroxyl groups excluding tert-OH is 2. The van der Waals surface area contributed by atoms with Crippen LogP contribution in [0.5, 0.6) is 34.5 Å². The number of ether oxygens (including phenoxy) is 5. The van der Waals surface area contributed by atoms with Gasteiger partial charge < -0.3 is 33.9 Å². The van der Waals surface area contributed by atoms with Gasteiger partial charge in [0.2, 0.25) is 11.5 Å². The molecule has 0 amide bonds. The maximum Gasteiger partial charge on any atom is 0.203 e. The Hall–Kier alpha value is -2.64. The molecule has 0 saturated carbocycles. The molecule has 2 rings (SSSR count). The summed E-state index contributed by atoms with van der Waals surface area (Å²) in [4.78, 5) is 0. The van der Waals surface area contributed by atoms with E-state index >= 15 is 0 Å². The SMILES string of the molecule is CC(O)CO.COc1cccc(Oc2cccc(OC)c2OC)c1OC. The third kappa shape index (κ3) is 5.72. The molecule has 0 aliphatic carbocycles. The summed E-state index contributed by atoms with van der Waals surface area (Å²) in [5, 5.41) is 16.0. The number of hydrogen-bond donors (Lipinski definition) is 2. The van der Waals surface area contributed by atoms with Crippen molar-refractivity contribution in [3.63, 3.8) is 0 Å². The zero-order chi connectivity index (χ0) is 19.5. The van der Waals surface area contributed by atoms with E-state index in [1.54, 1.807) is 52.7 Å². The van der Waals surface area contributed by atoms with Crippen LogP contribution in [0.2, 0.25) is 0 Å². The highest BCUT2D eigenvalue weighted by atomic mass is 16.6. The summed E-state index contributed by atoms with van der Waals surface area (Å²) in [6.45, 7) is 1.39. The lowest BCUT2D eigenvalue weighted by molar-refractivity contribution is 0.110. The molecule has 0 heterocycles. The van der Waals surface area contributed by atoms with Crippen molar-refractivity contribution >= 4 is 0 Å². The van der Waals surface area contributed by atoms with Crippen LogP contribution in [0.25, 0.3) is 0 Å². The maximum atomic E-state index is 8.11. The van der Waals surface area contributed by atoms with E-state index in [9.17, 15) is 0 Å². The smallest absolute Gasteiger partial charge is 0.203 e. The lowest BCUT2D eigenvalue weighted by atomic mass is 10.2. The van der Waals surface area contributed by atoms with Crippen molar-refractivity contribution in [2.24, 2.45) is 0 Å². The fraction of sp³-hybridized carbons (Fsp3) is 0.368. The molecule has 2 N–H and O–H groups in total. The topological polar surface area (TPSA) is 86.6 Å². The van der Waals surface area contributed by atoms with Gasteiger partial charge in [-0.2, -0.15) is 0 Å². The van der Waals surface area contributed by atoms with Gasteiger partial charge in [0.1, 0.15) is 0 Å². The van der Waals surface area contributed by atoms with E-state index in [0.29, 0.717) is 34.5 Å². The third-order valence-corrected chi connectivity index (χ3v) is 3.22. The Bertz CT molecular complexity index is 617. The van der Waals surface area contributed by atoms with Crippen LogP contribution < -0.4 is 23.7 Å². The molecule has 0 radical (unpaired) electrons. The van der Waals surface area contributed by atoms with Crippen molar-refractivity contribution in [1.29, 1.82) is 0 Å². The standard InChI is InChI=1S/C16H18O5.C3H8O2/c1-17-11-7-5-9-13(15(11)19-3)21-14-10-6-8-12(18-2)16(14)20-4;1-3(5)2-4/h5-10H,1-4H3;3-5H,2H2,1H3. The second kappa shape index (κ2) is 11.1. The molecule has 144 valence electrons. The summed E-state index contributed by atoms with van der Waals surface area (Å²) < 4.78 is 27.1. The van der Waals surface area contributed by atoms with Gasteiger partial charge in [-0.15, -0.1) is 0 Å². The molecule has 7 nitrogen and oxygen atoms in total. The Kier molecular flexibility index (Phi) is 9.11. The summed E-state index contributed by atoms with van der Waals surface area (Å²) in [7, 11) is 6.28. The first-order chi connectivity index (χ1) is 12.5. The molecule has 0 bridgehead atoms. The molecule has 7 heteroatoms. The monoisotopic (exact) mass is 366 g/mol. The van der Waals surface area contributed by atoms with Crippen molar-refractivity contribution < 1.29 is 33.9 Å². The molecule has 1 atom stereocenters. The van der Waals surface area contributed by atoms with Crippen molar-refractivity contribution in [3.05, 3.63) is 36.4 Å². The van der Waals surface area contributed by atoms with Crippen LogP contribution in [-0.4, -0.2) is 51.4 Å². The first-order valence-corrected chi connectivity index (χ1v) is 7.91. The Morgan fingerprint density at radius 1 is 0.731 bits per heavy atom. The number of hydrogen-bond acceptors (Lipinski definition) is 7. The molecule has 1 unspecified atom stereocenters. The van der Waals surface area contributed by atoms with Gasteiger partial charge in [-0.1, -0.05) is 12.1 Å². The van der Waals surface area contributed by atoms with Gasteiger partial charge in [0.15, 0.2) is 23.0 Å². The van der Waals surface area contributed by atoms with Crippen LogP contribution >= 0.6 is 0 Å². The minimum absolute atomic E-state index is 0.139. The number of methoxy groups -OCH3 is 4. The van der Waals surface area contributed by atoms with Gasteiger partial charge in [0.25, 0.3) is 0 Å². The zero-order valence-corrected chi connectivity index (χ0v) is 15.7. The third-order valence-electron chi connectivity index (χ3n) is 3.22. The van der Waals surface area contributed by atoms with Crippen LogP contribution in [0.3, 0.4) is 0 Å². The normalized spacial score (nSPS) is 10.9. The van der Waals surface area contributed by atoms with Gasteiger partial charge in [0, 0.05) is 0 Å². The second-order valence-corrected chi connectivity index (χ2v) is 5.12. The van der Waals surface area contributed by atoms with Crippen molar-refractivity contribution in [2.45, 2.75) is 13.0 Å². The Morgan fingerprint density at radius 3 is 1.35 bits per heavy atom. The molecular formula is C19H26O7. The zero-order valence-electron chi connectivity index (χ0n) is 15.7. The average molecular weight is 366 g/mol. The van der Waals surface area contributed by atoms with Gasteiger partial charge in [-0.05, 0) is 31.2 Å². The highest BCUT2D eigenvalue weighted by Gasteiger charge is 2.16. The van der Waals surface area contributed by atoms with E-state index in [1.165, 1.54) is 6.92 Å². The fourth-order valence-corrected chi connectivity index (χ4v) is 1.99. The Balaban J connectivity index is 0.000000597. The van der Waals surface area contributed by atoms with Crippen LogP contribution in [0.4, 0.5) is 0 Å². The van der Waals surface area contributed by atoms with Crippen molar-refractivity contribution in [3.8, 4) is 34.5 Å². The number of aliphatic hydroxyl groups is 2. The van der Waals surface area contributed by atoms with Gasteiger partial charge in [0.05, 0.1) is 41.2 Å². The number of para-hydroxylation sites is 2. The summed E-state index contributed by atoms with van der Waals surface area (Å²) in [5.41, 5.74) is 0. The average Bonchev–Trinajstić information content (AvgIpc) is 2.67. The summed E-state index contributed by atoms with van der Waals surface area (Å²) in [5.74, 6) is 3.29. The van der Waals surface area contributed by atoms with E-state index in [1.807, 2.05) is 12.1 Å². The molecule has 2 aromatic rings. The first kappa shape index (κ1) is 21.4. The molecular weight excluding hydrogens is 340 g/mol. The quantitative estimate of drug-likeness (QED) is 0.779. The lowest BCUT2D eigenvalue weighted by Crippen LogP contribution is -2.03. The van der Waals surface area contributed by atoms with Crippen LogP contribution in [0, 0.1) is 0 Å². The molecule has 0 spiro atoms. The van der Waals surface area contributed by atoms with E-state index < -0.39 is 6.10 Å². The molecule has 0 aliphatic heterocycles. The van der Waals surface area contributed by atoms with Crippen LogP contribution in [-0.2, 0) is 0 Å². The molecule has 2 aromatic carbocycles. The van der Waals surface area contributed by atoms with Crippen LogP contribution in [0.15, 0.2) is 36.4 Å².